The van der Waals surface area contributed by atoms with Crippen molar-refractivity contribution in [1.29, 1.82) is 0 Å². The van der Waals surface area contributed by atoms with Crippen LogP contribution in [0.4, 0.5) is 24.3 Å². The first-order chi connectivity index (χ1) is 17.5. The van der Waals surface area contributed by atoms with Crippen LogP contribution in [0.5, 0.6) is 11.6 Å². The molecule has 1 amide bonds. The molecule has 37 heavy (non-hydrogen) atoms. The predicted molar refractivity (Wildman–Crippen MR) is 138 cm³/mol. The number of alkyl halides is 3. The molecule has 4 aromatic rings. The summed E-state index contributed by atoms with van der Waals surface area (Å²) in [5.74, 6) is 0.632. The van der Waals surface area contributed by atoms with Gasteiger partial charge in [0.05, 0.1) is 16.0 Å². The standard InChI is InChI=1S/C25H25F3N6O2S/c1-14(13-34(3)4)29-23-31-18(16-8-10-17(11-9-16)25(26,27)28)12-21(32-23)36-19-6-5-7-20-22(19)33-24(37-20)30-15(2)35/h5-12,14H,13H2,1-4H3,(H,29,31,32)(H,30,33,35). The van der Waals surface area contributed by atoms with Gasteiger partial charge >= 0.3 is 6.18 Å². The molecule has 0 saturated carbocycles. The third-order valence-electron chi connectivity index (χ3n) is 5.10. The fraction of sp³-hybridized carbons (Fsp3) is 0.280. The number of anilines is 2. The van der Waals surface area contributed by atoms with E-state index in [-0.39, 0.29) is 23.8 Å². The third-order valence-corrected chi connectivity index (χ3v) is 6.04. The lowest BCUT2D eigenvalue weighted by Crippen LogP contribution is -2.30. The van der Waals surface area contributed by atoms with E-state index in [0.29, 0.717) is 34.2 Å². The van der Waals surface area contributed by atoms with E-state index in [1.54, 1.807) is 18.2 Å². The molecule has 194 valence electrons. The molecule has 0 radical (unpaired) electrons. The molecule has 0 spiro atoms. The Labute approximate surface area is 215 Å². The van der Waals surface area contributed by atoms with Gasteiger partial charge in [-0.1, -0.05) is 29.5 Å². The molecular weight excluding hydrogens is 505 g/mol. The molecular formula is C25H25F3N6O2S. The van der Waals surface area contributed by atoms with Gasteiger partial charge in [0.2, 0.25) is 17.7 Å². The molecule has 0 bridgehead atoms. The average molecular weight is 531 g/mol. The van der Waals surface area contributed by atoms with Gasteiger partial charge in [0.15, 0.2) is 10.9 Å². The van der Waals surface area contributed by atoms with Crippen molar-refractivity contribution in [2.24, 2.45) is 0 Å². The minimum Gasteiger partial charge on any atom is -0.437 e. The summed E-state index contributed by atoms with van der Waals surface area (Å²) in [6.07, 6.45) is -4.44. The molecule has 2 N–H and O–H groups in total. The molecule has 12 heteroatoms. The number of likely N-dealkylation sites (N-methyl/N-ethyl adjacent to an activating group) is 1. The minimum atomic E-state index is -4.44. The van der Waals surface area contributed by atoms with Gasteiger partial charge in [-0.05, 0) is 45.3 Å². The molecule has 0 aliphatic rings. The number of nitrogens with zero attached hydrogens (tertiary/aromatic N) is 4. The van der Waals surface area contributed by atoms with Crippen LogP contribution in [0, 0.1) is 0 Å². The maximum absolute atomic E-state index is 13.1. The summed E-state index contributed by atoms with van der Waals surface area (Å²) < 4.78 is 46.1. The Morgan fingerprint density at radius 3 is 2.49 bits per heavy atom. The van der Waals surface area contributed by atoms with Crippen LogP contribution in [0.3, 0.4) is 0 Å². The number of carbonyl (C=O) groups is 1. The highest BCUT2D eigenvalue weighted by atomic mass is 32.1. The molecule has 2 aromatic heterocycles. The molecule has 0 fully saturated rings. The lowest BCUT2D eigenvalue weighted by molar-refractivity contribution is -0.137. The van der Waals surface area contributed by atoms with E-state index in [0.717, 1.165) is 16.8 Å². The largest absolute Gasteiger partial charge is 0.437 e. The highest BCUT2D eigenvalue weighted by molar-refractivity contribution is 7.22. The van der Waals surface area contributed by atoms with E-state index in [9.17, 15) is 18.0 Å². The SMILES string of the molecule is CC(=O)Nc1nc2c(Oc3cc(-c4ccc(C(F)(F)F)cc4)nc(NC(C)CN(C)C)n3)cccc2s1. The van der Waals surface area contributed by atoms with Gasteiger partial charge < -0.3 is 20.3 Å². The topological polar surface area (TPSA) is 92.3 Å². The van der Waals surface area contributed by atoms with Crippen molar-refractivity contribution >= 4 is 38.5 Å². The van der Waals surface area contributed by atoms with Gasteiger partial charge in [-0.2, -0.15) is 18.2 Å². The van der Waals surface area contributed by atoms with Crippen LogP contribution >= 0.6 is 11.3 Å². The molecule has 0 saturated heterocycles. The van der Waals surface area contributed by atoms with Crippen molar-refractivity contribution in [2.75, 3.05) is 31.3 Å². The summed E-state index contributed by atoms with van der Waals surface area (Å²) in [5.41, 5.74) is 0.664. The van der Waals surface area contributed by atoms with E-state index in [2.05, 4.69) is 25.6 Å². The Balaban J connectivity index is 1.71. The smallest absolute Gasteiger partial charge is 0.416 e. The van der Waals surface area contributed by atoms with Gasteiger partial charge in [0, 0.05) is 31.1 Å². The number of aromatic nitrogens is 3. The summed E-state index contributed by atoms with van der Waals surface area (Å²) >= 11 is 1.31. The van der Waals surface area contributed by atoms with Crippen molar-refractivity contribution in [3.63, 3.8) is 0 Å². The summed E-state index contributed by atoms with van der Waals surface area (Å²) in [6.45, 7) is 4.07. The van der Waals surface area contributed by atoms with E-state index < -0.39 is 11.7 Å². The van der Waals surface area contributed by atoms with Crippen LogP contribution in [0.1, 0.15) is 19.4 Å². The Morgan fingerprint density at radius 2 is 1.84 bits per heavy atom. The van der Waals surface area contributed by atoms with Crippen molar-refractivity contribution in [3.05, 3.63) is 54.1 Å². The Bertz CT molecular complexity index is 1410. The van der Waals surface area contributed by atoms with Crippen LogP contribution in [0.15, 0.2) is 48.5 Å². The number of hydrogen-bond acceptors (Lipinski definition) is 8. The lowest BCUT2D eigenvalue weighted by atomic mass is 10.1. The van der Waals surface area contributed by atoms with E-state index in [4.69, 9.17) is 4.74 Å². The number of para-hydroxylation sites is 1. The van der Waals surface area contributed by atoms with Gasteiger partial charge in [0.25, 0.3) is 0 Å². The number of ether oxygens (including phenoxy) is 1. The number of hydrogen-bond donors (Lipinski definition) is 2. The van der Waals surface area contributed by atoms with Crippen molar-refractivity contribution in [2.45, 2.75) is 26.1 Å². The zero-order valence-electron chi connectivity index (χ0n) is 20.6. The van der Waals surface area contributed by atoms with Gasteiger partial charge in [-0.3, -0.25) is 4.79 Å². The number of thiazole rings is 1. The Morgan fingerprint density at radius 1 is 1.11 bits per heavy atom. The predicted octanol–water partition coefficient (Wildman–Crippen LogP) is 5.88. The average Bonchev–Trinajstić information content (AvgIpc) is 3.20. The molecule has 1 atom stereocenters. The number of benzene rings is 2. The quantitative estimate of drug-likeness (QED) is 0.294. The zero-order chi connectivity index (χ0) is 26.7. The van der Waals surface area contributed by atoms with Gasteiger partial charge in [0.1, 0.15) is 5.52 Å². The van der Waals surface area contributed by atoms with E-state index in [1.807, 2.05) is 32.0 Å². The van der Waals surface area contributed by atoms with Crippen LogP contribution in [0.25, 0.3) is 21.5 Å². The van der Waals surface area contributed by atoms with Crippen molar-refractivity contribution in [3.8, 4) is 22.9 Å². The fourth-order valence-corrected chi connectivity index (χ4v) is 4.59. The first-order valence-corrected chi connectivity index (χ1v) is 12.1. The van der Waals surface area contributed by atoms with Crippen LogP contribution in [-0.2, 0) is 11.0 Å². The Kier molecular flexibility index (Phi) is 7.60. The second-order valence-corrected chi connectivity index (χ2v) is 9.73. The molecule has 1 unspecified atom stereocenters. The second kappa shape index (κ2) is 10.7. The normalized spacial score (nSPS) is 12.5. The number of rotatable bonds is 8. The summed E-state index contributed by atoms with van der Waals surface area (Å²) in [6, 6.07) is 11.7. The second-order valence-electron chi connectivity index (χ2n) is 8.70. The van der Waals surface area contributed by atoms with E-state index >= 15 is 0 Å². The zero-order valence-corrected chi connectivity index (χ0v) is 21.4. The molecule has 0 aliphatic carbocycles. The third kappa shape index (κ3) is 6.71. The number of halogens is 3. The van der Waals surface area contributed by atoms with Crippen molar-refractivity contribution < 1.29 is 22.7 Å². The number of fused-ring (bicyclic) bond motifs is 1. The summed E-state index contributed by atoms with van der Waals surface area (Å²) in [4.78, 5) is 26.9. The van der Waals surface area contributed by atoms with Crippen LogP contribution < -0.4 is 15.4 Å². The molecule has 4 rings (SSSR count). The van der Waals surface area contributed by atoms with Crippen LogP contribution in [0.2, 0.25) is 0 Å². The molecule has 2 heterocycles. The monoisotopic (exact) mass is 530 g/mol. The van der Waals surface area contributed by atoms with Crippen molar-refractivity contribution in [1.82, 2.24) is 19.9 Å². The highest BCUT2D eigenvalue weighted by Gasteiger charge is 2.30. The number of carbonyl (C=O) groups excluding carboxylic acids is 1. The molecule has 0 aliphatic heterocycles. The summed E-state index contributed by atoms with van der Waals surface area (Å²) in [7, 11) is 3.88. The number of amides is 1. The first-order valence-electron chi connectivity index (χ1n) is 11.3. The van der Waals surface area contributed by atoms with E-state index in [1.165, 1.54) is 30.4 Å². The highest BCUT2D eigenvalue weighted by Crippen LogP contribution is 2.36. The Hall–Kier alpha value is -3.77. The van der Waals surface area contributed by atoms with Crippen LogP contribution in [-0.4, -0.2) is 52.4 Å². The summed E-state index contributed by atoms with van der Waals surface area (Å²) in [5, 5.41) is 6.33. The minimum absolute atomic E-state index is 0.0205. The number of nitrogens with one attached hydrogen (secondary N) is 2. The lowest BCUT2D eigenvalue weighted by Gasteiger charge is -2.19. The fourth-order valence-electron chi connectivity index (χ4n) is 3.66. The maximum Gasteiger partial charge on any atom is 0.416 e. The maximum atomic E-state index is 13.1. The van der Waals surface area contributed by atoms with Gasteiger partial charge in [-0.15, -0.1) is 0 Å². The molecule has 2 aromatic carbocycles. The first kappa shape index (κ1) is 26.3. The molecule has 8 nitrogen and oxygen atoms in total. The van der Waals surface area contributed by atoms with Gasteiger partial charge in [-0.25, -0.2) is 9.97 Å².